The van der Waals surface area contributed by atoms with Crippen molar-refractivity contribution in [3.05, 3.63) is 59.7 Å². The Morgan fingerprint density at radius 3 is 2.52 bits per heavy atom. The van der Waals surface area contributed by atoms with E-state index in [1.807, 2.05) is 0 Å². The Labute approximate surface area is 166 Å². The Kier molecular flexibility index (Phi) is 7.54. The molecule has 0 aliphatic rings. The molecule has 8 heteroatoms. The normalized spacial score (nSPS) is 11.2. The van der Waals surface area contributed by atoms with Crippen molar-refractivity contribution in [2.24, 2.45) is 5.92 Å². The molecule has 6 nitrogen and oxygen atoms in total. The molecule has 1 atom stereocenters. The molecule has 0 heterocycles. The molecule has 2 aromatic carbocycles. The summed E-state index contributed by atoms with van der Waals surface area (Å²) in [7, 11) is 0. The maximum absolute atomic E-state index is 13.6. The van der Waals surface area contributed by atoms with Gasteiger partial charge in [-0.1, -0.05) is 12.1 Å². The first-order chi connectivity index (χ1) is 13.9. The summed E-state index contributed by atoms with van der Waals surface area (Å²) in [4.78, 5) is 36.7. The number of ketones is 2. The van der Waals surface area contributed by atoms with Crippen LogP contribution in [0.1, 0.15) is 30.1 Å². The fraction of sp³-hybridized carbons (Fsp3) is 0.238. The summed E-state index contributed by atoms with van der Waals surface area (Å²) in [6, 6.07) is 10.6. The van der Waals surface area contributed by atoms with Crippen molar-refractivity contribution < 1.29 is 27.9 Å². The summed E-state index contributed by atoms with van der Waals surface area (Å²) >= 11 is 0. The molecule has 1 unspecified atom stereocenters. The number of carbonyl (C=O) groups excluding carboxylic acids is 3. The summed E-state index contributed by atoms with van der Waals surface area (Å²) < 4.78 is 31.9. The number of Topliss-reactive ketones (excluding diaryl/α,β-unsaturated/α-hetero) is 2. The zero-order valence-corrected chi connectivity index (χ0v) is 15.6. The number of benzene rings is 2. The third-order valence-corrected chi connectivity index (χ3v) is 3.99. The lowest BCUT2D eigenvalue weighted by molar-refractivity contribution is -0.128. The Hall–Kier alpha value is -3.60. The number of nitrogens with one attached hydrogen (secondary N) is 1. The summed E-state index contributed by atoms with van der Waals surface area (Å²) in [5.41, 5.74) is -0.0559. The average molecular weight is 400 g/mol. The molecule has 29 heavy (non-hydrogen) atoms. The number of carbonyl (C=O) groups is 3. The van der Waals surface area contributed by atoms with Gasteiger partial charge in [0.05, 0.1) is 23.9 Å². The molecule has 0 radical (unpaired) electrons. The predicted octanol–water partition coefficient (Wildman–Crippen LogP) is 3.67. The minimum Gasteiger partial charge on any atom is -0.492 e. The highest BCUT2D eigenvalue weighted by molar-refractivity contribution is 6.10. The van der Waals surface area contributed by atoms with E-state index in [1.54, 1.807) is 37.3 Å². The maximum atomic E-state index is 13.6. The van der Waals surface area contributed by atoms with Crippen LogP contribution in [0.3, 0.4) is 0 Å². The summed E-state index contributed by atoms with van der Waals surface area (Å²) in [5, 5.41) is 11.7. The van der Waals surface area contributed by atoms with Gasteiger partial charge in [-0.15, -0.1) is 0 Å². The number of anilines is 1. The number of halogens is 2. The van der Waals surface area contributed by atoms with Crippen LogP contribution in [0.15, 0.2) is 42.5 Å². The van der Waals surface area contributed by atoms with Crippen LogP contribution in [-0.2, 0) is 9.59 Å². The molecule has 2 rings (SSSR count). The minimum atomic E-state index is -1.64. The van der Waals surface area contributed by atoms with Gasteiger partial charge in [-0.3, -0.25) is 14.4 Å². The van der Waals surface area contributed by atoms with Gasteiger partial charge in [-0.2, -0.15) is 5.26 Å². The molecule has 1 N–H and O–H groups in total. The van der Waals surface area contributed by atoms with Gasteiger partial charge in [-0.25, -0.2) is 8.78 Å². The van der Waals surface area contributed by atoms with E-state index in [9.17, 15) is 28.4 Å². The first-order valence-electron chi connectivity index (χ1n) is 8.80. The van der Waals surface area contributed by atoms with E-state index in [0.717, 1.165) is 12.1 Å². The van der Waals surface area contributed by atoms with E-state index in [-0.39, 0.29) is 5.56 Å². The number of hydrogen-bond donors (Lipinski definition) is 1. The highest BCUT2D eigenvalue weighted by atomic mass is 19.1. The van der Waals surface area contributed by atoms with Crippen LogP contribution in [0.4, 0.5) is 14.5 Å². The van der Waals surface area contributed by atoms with Crippen LogP contribution in [0.2, 0.25) is 0 Å². The molecule has 0 bridgehead atoms. The lowest BCUT2D eigenvalue weighted by atomic mass is 9.97. The van der Waals surface area contributed by atoms with E-state index in [1.165, 1.54) is 0 Å². The molecule has 0 saturated heterocycles. The van der Waals surface area contributed by atoms with Crippen molar-refractivity contribution in [3.63, 3.8) is 0 Å². The maximum Gasteiger partial charge on any atom is 0.249 e. The van der Waals surface area contributed by atoms with Crippen molar-refractivity contribution in [3.8, 4) is 11.8 Å². The van der Waals surface area contributed by atoms with Gasteiger partial charge >= 0.3 is 0 Å². The van der Waals surface area contributed by atoms with Crippen LogP contribution in [-0.4, -0.2) is 24.1 Å². The fourth-order valence-electron chi connectivity index (χ4n) is 2.56. The number of amides is 1. The van der Waals surface area contributed by atoms with Gasteiger partial charge in [-0.05, 0) is 31.2 Å². The zero-order valence-electron chi connectivity index (χ0n) is 15.6. The Bertz CT molecular complexity index is 969. The topological polar surface area (TPSA) is 96.3 Å². The molecule has 0 saturated carbocycles. The van der Waals surface area contributed by atoms with Crippen LogP contribution in [0.25, 0.3) is 0 Å². The van der Waals surface area contributed by atoms with Gasteiger partial charge in [0.25, 0.3) is 0 Å². The summed E-state index contributed by atoms with van der Waals surface area (Å²) in [5.74, 6) is -5.49. The number of para-hydroxylation sites is 2. The second-order valence-corrected chi connectivity index (χ2v) is 5.99. The van der Waals surface area contributed by atoms with Crippen LogP contribution in [0.5, 0.6) is 5.75 Å². The molecule has 0 aromatic heterocycles. The summed E-state index contributed by atoms with van der Waals surface area (Å²) in [6.45, 7) is 2.12. The fourth-order valence-corrected chi connectivity index (χ4v) is 2.56. The minimum absolute atomic E-state index is 0.303. The highest BCUT2D eigenvalue weighted by Gasteiger charge is 2.27. The molecule has 2 aromatic rings. The largest absolute Gasteiger partial charge is 0.492 e. The number of hydrogen-bond acceptors (Lipinski definition) is 5. The van der Waals surface area contributed by atoms with Gasteiger partial charge in [0.15, 0.2) is 17.5 Å². The third kappa shape index (κ3) is 5.69. The van der Waals surface area contributed by atoms with Crippen LogP contribution in [0, 0.1) is 28.9 Å². The number of rotatable bonds is 9. The highest BCUT2D eigenvalue weighted by Crippen LogP contribution is 2.24. The molecule has 1 amide bonds. The zero-order chi connectivity index (χ0) is 21.4. The average Bonchev–Trinajstić information content (AvgIpc) is 2.68. The Morgan fingerprint density at radius 1 is 1.14 bits per heavy atom. The Balaban J connectivity index is 2.02. The summed E-state index contributed by atoms with van der Waals surface area (Å²) in [6.07, 6.45) is -0.850. The van der Waals surface area contributed by atoms with E-state index in [4.69, 9.17) is 4.74 Å². The van der Waals surface area contributed by atoms with E-state index < -0.39 is 47.9 Å². The monoisotopic (exact) mass is 400 g/mol. The molecule has 0 spiro atoms. The molecule has 0 aliphatic carbocycles. The molecule has 0 fully saturated rings. The molecule has 0 aliphatic heterocycles. The first-order valence-corrected chi connectivity index (χ1v) is 8.80. The second-order valence-electron chi connectivity index (χ2n) is 5.99. The second kappa shape index (κ2) is 10.1. The predicted molar refractivity (Wildman–Crippen MR) is 100 cm³/mol. The van der Waals surface area contributed by atoms with Crippen molar-refractivity contribution in [2.45, 2.75) is 19.8 Å². The standard InChI is InChI=1S/C21H18F2N2O4/c1-2-29-20-6-4-3-5-17(20)25-21(28)15(12-24)19(27)10-9-18(26)14-8-7-13(22)11-16(14)23/h3-8,11,15H,2,9-10H2,1H3,(H,25,28). The van der Waals surface area contributed by atoms with Crippen molar-refractivity contribution in [1.29, 1.82) is 5.26 Å². The van der Waals surface area contributed by atoms with Gasteiger partial charge in [0.1, 0.15) is 17.4 Å². The van der Waals surface area contributed by atoms with Crippen LogP contribution < -0.4 is 10.1 Å². The third-order valence-electron chi connectivity index (χ3n) is 3.99. The molecular formula is C21H18F2N2O4. The molecule has 150 valence electrons. The van der Waals surface area contributed by atoms with Gasteiger partial charge < -0.3 is 10.1 Å². The molecular weight excluding hydrogens is 382 g/mol. The van der Waals surface area contributed by atoms with Crippen LogP contribution >= 0.6 is 0 Å². The quantitative estimate of drug-likeness (QED) is 0.512. The number of nitriles is 1. The number of nitrogens with zero attached hydrogens (tertiary/aromatic N) is 1. The lowest BCUT2D eigenvalue weighted by Gasteiger charge is -2.13. The van der Waals surface area contributed by atoms with Gasteiger partial charge in [0.2, 0.25) is 5.91 Å². The first kappa shape index (κ1) is 21.7. The van der Waals surface area contributed by atoms with Crippen molar-refractivity contribution in [2.75, 3.05) is 11.9 Å². The van der Waals surface area contributed by atoms with E-state index in [2.05, 4.69) is 5.32 Å². The SMILES string of the molecule is CCOc1ccccc1NC(=O)C(C#N)C(=O)CCC(=O)c1ccc(F)cc1F. The smallest absolute Gasteiger partial charge is 0.249 e. The van der Waals surface area contributed by atoms with E-state index >= 15 is 0 Å². The Morgan fingerprint density at radius 2 is 1.86 bits per heavy atom. The van der Waals surface area contributed by atoms with E-state index in [0.29, 0.717) is 24.1 Å². The lowest BCUT2D eigenvalue weighted by Crippen LogP contribution is -2.29. The van der Waals surface area contributed by atoms with Crippen molar-refractivity contribution >= 4 is 23.2 Å². The van der Waals surface area contributed by atoms with Crippen molar-refractivity contribution in [1.82, 2.24) is 0 Å². The van der Waals surface area contributed by atoms with Gasteiger partial charge in [0, 0.05) is 18.9 Å². The number of ether oxygens (including phenoxy) is 1.